The Morgan fingerprint density at radius 1 is 1.30 bits per heavy atom. The Morgan fingerprint density at radius 3 is 2.45 bits per heavy atom. The van der Waals surface area contributed by atoms with Crippen molar-refractivity contribution >= 4 is 17.2 Å². The highest BCUT2D eigenvalue weighted by Crippen LogP contribution is 2.26. The maximum Gasteiger partial charge on any atom is 0.251 e. The van der Waals surface area contributed by atoms with Gasteiger partial charge < -0.3 is 11.1 Å². The molecule has 0 bridgehead atoms. The molecule has 3 nitrogen and oxygen atoms in total. The fraction of sp³-hybridized carbons (Fsp3) is 0.312. The average Bonchev–Trinajstić information content (AvgIpc) is 2.78. The minimum absolute atomic E-state index is 0.0154. The van der Waals surface area contributed by atoms with Gasteiger partial charge in [-0.1, -0.05) is 12.1 Å². The number of nitrogens with two attached hydrogens (primary N) is 1. The van der Waals surface area contributed by atoms with Crippen LogP contribution in [0.3, 0.4) is 0 Å². The van der Waals surface area contributed by atoms with Crippen LogP contribution in [0, 0.1) is 13.8 Å². The van der Waals surface area contributed by atoms with Crippen LogP contribution in [-0.4, -0.2) is 5.91 Å². The maximum atomic E-state index is 12.2. The molecule has 0 saturated carbocycles. The third-order valence-corrected chi connectivity index (χ3v) is 4.33. The largest absolute Gasteiger partial charge is 0.345 e. The van der Waals surface area contributed by atoms with Gasteiger partial charge in [0.05, 0.1) is 6.04 Å². The van der Waals surface area contributed by atoms with Gasteiger partial charge in [-0.05, 0) is 50.1 Å². The fourth-order valence-corrected chi connectivity index (χ4v) is 3.25. The standard InChI is InChI=1S/C16H20N2OS/c1-10-8-15(12(3)20-10)11(2)18-16(19)14-6-4-13(9-17)5-7-14/h4-8,11H,9,17H2,1-3H3,(H,18,19). The number of rotatable bonds is 4. The van der Waals surface area contributed by atoms with Gasteiger partial charge >= 0.3 is 0 Å². The Labute approximate surface area is 123 Å². The first-order valence-electron chi connectivity index (χ1n) is 6.68. The summed E-state index contributed by atoms with van der Waals surface area (Å²) in [6, 6.07) is 9.56. The minimum atomic E-state index is -0.0516. The molecule has 1 unspecified atom stereocenters. The molecule has 3 N–H and O–H groups in total. The van der Waals surface area contributed by atoms with Crippen molar-refractivity contribution in [3.63, 3.8) is 0 Å². The molecule has 0 aliphatic carbocycles. The second kappa shape index (κ2) is 6.20. The molecule has 1 aromatic heterocycles. The van der Waals surface area contributed by atoms with Gasteiger partial charge in [-0.3, -0.25) is 4.79 Å². The van der Waals surface area contributed by atoms with Crippen molar-refractivity contribution in [2.45, 2.75) is 33.4 Å². The number of aryl methyl sites for hydroxylation is 2. The predicted molar refractivity (Wildman–Crippen MR) is 84.0 cm³/mol. The van der Waals surface area contributed by atoms with Gasteiger partial charge in [-0.25, -0.2) is 0 Å². The van der Waals surface area contributed by atoms with Crippen LogP contribution in [0.5, 0.6) is 0 Å². The van der Waals surface area contributed by atoms with E-state index in [1.54, 1.807) is 11.3 Å². The molecule has 106 valence electrons. The van der Waals surface area contributed by atoms with Crippen molar-refractivity contribution < 1.29 is 4.79 Å². The normalized spacial score (nSPS) is 12.2. The second-order valence-corrected chi connectivity index (χ2v) is 6.43. The van der Waals surface area contributed by atoms with Crippen molar-refractivity contribution in [2.75, 3.05) is 0 Å². The van der Waals surface area contributed by atoms with Gasteiger partial charge in [0.2, 0.25) is 0 Å². The zero-order chi connectivity index (χ0) is 14.7. The Bertz CT molecular complexity index is 601. The van der Waals surface area contributed by atoms with Crippen LogP contribution in [-0.2, 0) is 6.54 Å². The number of hydrogen-bond donors (Lipinski definition) is 2. The van der Waals surface area contributed by atoms with Gasteiger partial charge in [0.1, 0.15) is 0 Å². The predicted octanol–water partition coefficient (Wildman–Crippen LogP) is 3.31. The number of amides is 1. The molecule has 4 heteroatoms. The Balaban J connectivity index is 2.08. The van der Waals surface area contributed by atoms with Crippen molar-refractivity contribution in [2.24, 2.45) is 5.73 Å². The van der Waals surface area contributed by atoms with Crippen LogP contribution in [0.1, 0.15) is 44.2 Å². The Morgan fingerprint density at radius 2 is 1.95 bits per heavy atom. The third kappa shape index (κ3) is 3.26. The minimum Gasteiger partial charge on any atom is -0.345 e. The summed E-state index contributed by atoms with van der Waals surface area (Å²) in [6.07, 6.45) is 0. The third-order valence-electron chi connectivity index (χ3n) is 3.35. The lowest BCUT2D eigenvalue weighted by Crippen LogP contribution is -2.26. The van der Waals surface area contributed by atoms with E-state index < -0.39 is 0 Å². The molecule has 1 heterocycles. The second-order valence-electron chi connectivity index (χ2n) is 4.96. The molecular weight excluding hydrogens is 268 g/mol. The number of thiophene rings is 1. The van der Waals surface area contributed by atoms with Gasteiger partial charge in [0.25, 0.3) is 5.91 Å². The van der Waals surface area contributed by atoms with E-state index in [4.69, 9.17) is 5.73 Å². The van der Waals surface area contributed by atoms with Crippen LogP contribution < -0.4 is 11.1 Å². The zero-order valence-electron chi connectivity index (χ0n) is 12.1. The number of hydrogen-bond acceptors (Lipinski definition) is 3. The summed E-state index contributed by atoms with van der Waals surface area (Å²) in [5.74, 6) is -0.0516. The highest BCUT2D eigenvalue weighted by atomic mass is 32.1. The summed E-state index contributed by atoms with van der Waals surface area (Å²) in [5, 5.41) is 3.04. The lowest BCUT2D eigenvalue weighted by atomic mass is 10.1. The molecule has 0 spiro atoms. The molecule has 2 rings (SSSR count). The molecule has 2 aromatic rings. The molecule has 1 amide bonds. The van der Waals surface area contributed by atoms with Crippen molar-refractivity contribution in [1.82, 2.24) is 5.32 Å². The highest BCUT2D eigenvalue weighted by molar-refractivity contribution is 7.12. The lowest BCUT2D eigenvalue weighted by Gasteiger charge is -2.14. The summed E-state index contributed by atoms with van der Waals surface area (Å²) in [7, 11) is 0. The van der Waals surface area contributed by atoms with Crippen molar-refractivity contribution in [1.29, 1.82) is 0 Å². The van der Waals surface area contributed by atoms with Gasteiger partial charge in [-0.2, -0.15) is 0 Å². The molecule has 0 fully saturated rings. The summed E-state index contributed by atoms with van der Waals surface area (Å²) >= 11 is 1.76. The van der Waals surface area contributed by atoms with E-state index in [2.05, 4.69) is 25.2 Å². The average molecular weight is 288 g/mol. The van der Waals surface area contributed by atoms with Crippen LogP contribution in [0.2, 0.25) is 0 Å². The molecule has 0 radical (unpaired) electrons. The first-order valence-corrected chi connectivity index (χ1v) is 7.49. The quantitative estimate of drug-likeness (QED) is 0.907. The molecule has 1 aromatic carbocycles. The van der Waals surface area contributed by atoms with E-state index in [9.17, 15) is 4.79 Å². The summed E-state index contributed by atoms with van der Waals surface area (Å²) in [6.45, 7) is 6.68. The first kappa shape index (κ1) is 14.8. The van der Waals surface area contributed by atoms with E-state index in [0.29, 0.717) is 12.1 Å². The van der Waals surface area contributed by atoms with Crippen molar-refractivity contribution in [3.8, 4) is 0 Å². The fourth-order valence-electron chi connectivity index (χ4n) is 2.23. The molecule has 1 atom stereocenters. The number of carbonyl (C=O) groups is 1. The molecule has 0 saturated heterocycles. The van der Waals surface area contributed by atoms with Crippen LogP contribution in [0.15, 0.2) is 30.3 Å². The number of benzene rings is 1. The van der Waals surface area contributed by atoms with Crippen LogP contribution >= 0.6 is 11.3 Å². The number of nitrogens with one attached hydrogen (secondary N) is 1. The van der Waals surface area contributed by atoms with Crippen LogP contribution in [0.4, 0.5) is 0 Å². The summed E-state index contributed by atoms with van der Waals surface area (Å²) < 4.78 is 0. The van der Waals surface area contributed by atoms with E-state index >= 15 is 0 Å². The van der Waals surface area contributed by atoms with Crippen molar-refractivity contribution in [3.05, 3.63) is 56.8 Å². The van der Waals surface area contributed by atoms with E-state index in [0.717, 1.165) is 5.56 Å². The maximum absolute atomic E-state index is 12.2. The highest BCUT2D eigenvalue weighted by Gasteiger charge is 2.14. The topological polar surface area (TPSA) is 55.1 Å². The molecular formula is C16H20N2OS. The first-order chi connectivity index (χ1) is 9.51. The van der Waals surface area contributed by atoms with Crippen LogP contribution in [0.25, 0.3) is 0 Å². The zero-order valence-corrected chi connectivity index (χ0v) is 12.9. The summed E-state index contributed by atoms with van der Waals surface area (Å²) in [4.78, 5) is 14.7. The molecule has 0 aliphatic rings. The SMILES string of the molecule is Cc1cc(C(C)NC(=O)c2ccc(CN)cc2)c(C)s1. The van der Waals surface area contributed by atoms with Gasteiger partial charge in [0.15, 0.2) is 0 Å². The molecule has 0 aliphatic heterocycles. The monoisotopic (exact) mass is 288 g/mol. The lowest BCUT2D eigenvalue weighted by molar-refractivity contribution is 0.0940. The van der Waals surface area contributed by atoms with Gasteiger partial charge in [-0.15, -0.1) is 11.3 Å². The van der Waals surface area contributed by atoms with E-state index in [1.807, 2.05) is 31.2 Å². The smallest absolute Gasteiger partial charge is 0.251 e. The number of carbonyl (C=O) groups excluding carboxylic acids is 1. The van der Waals surface area contributed by atoms with Gasteiger partial charge in [0, 0.05) is 21.9 Å². The van der Waals surface area contributed by atoms with E-state index in [1.165, 1.54) is 15.3 Å². The molecule has 20 heavy (non-hydrogen) atoms. The Kier molecular flexibility index (Phi) is 4.57. The Hall–Kier alpha value is -1.65. The van der Waals surface area contributed by atoms with E-state index in [-0.39, 0.29) is 11.9 Å². The summed E-state index contributed by atoms with van der Waals surface area (Å²) in [5.41, 5.74) is 8.44.